The molecule has 1 unspecified atom stereocenters. The molecular formula is C33H27F3N4O2. The highest BCUT2D eigenvalue weighted by atomic mass is 19.4. The lowest BCUT2D eigenvalue weighted by Gasteiger charge is -2.22. The average Bonchev–Trinajstić information content (AvgIpc) is 3.49. The molecule has 0 amide bonds. The van der Waals surface area contributed by atoms with Crippen LogP contribution in [0.1, 0.15) is 41.1 Å². The van der Waals surface area contributed by atoms with Crippen molar-refractivity contribution in [2.75, 3.05) is 0 Å². The quantitative estimate of drug-likeness (QED) is 0.197. The van der Waals surface area contributed by atoms with Gasteiger partial charge in [-0.3, -0.25) is 5.32 Å². The molecule has 0 saturated heterocycles. The molecule has 5 aromatic rings. The van der Waals surface area contributed by atoms with Crippen LogP contribution in [-0.2, 0) is 18.6 Å². The van der Waals surface area contributed by atoms with E-state index in [1.165, 1.54) is 12.1 Å². The summed E-state index contributed by atoms with van der Waals surface area (Å²) < 4.78 is 48.0. The van der Waals surface area contributed by atoms with E-state index in [9.17, 15) is 23.5 Å². The van der Waals surface area contributed by atoms with Crippen LogP contribution in [0.2, 0.25) is 0 Å². The van der Waals surface area contributed by atoms with Crippen LogP contribution in [0.4, 0.5) is 13.2 Å². The number of rotatable bonds is 9. The number of aliphatic hydroxyl groups is 1. The van der Waals surface area contributed by atoms with E-state index in [-0.39, 0.29) is 30.3 Å². The van der Waals surface area contributed by atoms with E-state index in [4.69, 9.17) is 4.42 Å². The van der Waals surface area contributed by atoms with Crippen LogP contribution >= 0.6 is 0 Å². The first kappa shape index (κ1) is 28.7. The van der Waals surface area contributed by atoms with Crippen molar-refractivity contribution >= 4 is 0 Å². The minimum absolute atomic E-state index is 0.00469. The summed E-state index contributed by atoms with van der Waals surface area (Å²) in [5, 5.41) is 31.7. The fourth-order valence-corrected chi connectivity index (χ4v) is 4.82. The van der Waals surface area contributed by atoms with E-state index in [0.29, 0.717) is 27.8 Å². The number of nitrogens with one attached hydrogen (secondary N) is 1. The van der Waals surface area contributed by atoms with Gasteiger partial charge in [-0.1, -0.05) is 78.9 Å². The smallest absolute Gasteiger partial charge is 0.407 e. The van der Waals surface area contributed by atoms with Crippen LogP contribution < -0.4 is 5.32 Å². The molecule has 0 bridgehead atoms. The van der Waals surface area contributed by atoms with Gasteiger partial charge in [-0.15, -0.1) is 10.2 Å². The van der Waals surface area contributed by atoms with Crippen LogP contribution in [0, 0.1) is 11.3 Å². The zero-order valence-electron chi connectivity index (χ0n) is 22.6. The van der Waals surface area contributed by atoms with Crippen molar-refractivity contribution < 1.29 is 22.7 Å². The number of aromatic nitrogens is 2. The maximum Gasteiger partial charge on any atom is 0.407 e. The van der Waals surface area contributed by atoms with Gasteiger partial charge in [-0.2, -0.15) is 18.4 Å². The van der Waals surface area contributed by atoms with Gasteiger partial charge in [0.15, 0.2) is 0 Å². The molecule has 2 atom stereocenters. The van der Waals surface area contributed by atoms with Crippen molar-refractivity contribution in [2.24, 2.45) is 0 Å². The number of benzene rings is 4. The predicted octanol–water partition coefficient (Wildman–Crippen LogP) is 7.12. The minimum atomic E-state index is -4.53. The molecule has 0 spiro atoms. The van der Waals surface area contributed by atoms with Gasteiger partial charge in [0.05, 0.1) is 11.6 Å². The van der Waals surface area contributed by atoms with Crippen LogP contribution in [0.5, 0.6) is 0 Å². The molecule has 0 aliphatic rings. The molecule has 0 fully saturated rings. The SMILES string of the molecule is C[C@@](O)(Cc1ccccc1)c1nnc(-c2cc(CNC(c3ccccc3)C(F)(F)F)cc(-c3ccccc3C#N)c2)o1. The molecule has 1 aromatic heterocycles. The van der Waals surface area contributed by atoms with Crippen molar-refractivity contribution in [2.45, 2.75) is 37.7 Å². The third-order valence-electron chi connectivity index (χ3n) is 6.85. The average molecular weight is 569 g/mol. The summed E-state index contributed by atoms with van der Waals surface area (Å²) in [5.41, 5.74) is 2.07. The van der Waals surface area contributed by atoms with E-state index in [2.05, 4.69) is 21.6 Å². The summed E-state index contributed by atoms with van der Waals surface area (Å²) in [6, 6.07) is 29.4. The Balaban J connectivity index is 1.51. The summed E-state index contributed by atoms with van der Waals surface area (Å²) in [6.45, 7) is 1.44. The summed E-state index contributed by atoms with van der Waals surface area (Å²) in [4.78, 5) is 0. The van der Waals surface area contributed by atoms with Crippen LogP contribution in [-0.4, -0.2) is 21.5 Å². The highest BCUT2D eigenvalue weighted by Gasteiger charge is 2.40. The van der Waals surface area contributed by atoms with Crippen molar-refractivity contribution in [1.29, 1.82) is 5.26 Å². The highest BCUT2D eigenvalue weighted by Crippen LogP contribution is 2.35. The lowest BCUT2D eigenvalue weighted by molar-refractivity contribution is -0.158. The molecule has 212 valence electrons. The molecule has 2 N–H and O–H groups in total. The summed E-state index contributed by atoms with van der Waals surface area (Å²) in [7, 11) is 0. The number of nitrogens with zero attached hydrogens (tertiary/aromatic N) is 3. The zero-order valence-corrected chi connectivity index (χ0v) is 22.6. The second-order valence-corrected chi connectivity index (χ2v) is 10.2. The Morgan fingerprint density at radius 1 is 0.857 bits per heavy atom. The van der Waals surface area contributed by atoms with Crippen molar-refractivity contribution in [3.63, 3.8) is 0 Å². The maximum atomic E-state index is 14.0. The van der Waals surface area contributed by atoms with Crippen molar-refractivity contribution in [3.8, 4) is 28.7 Å². The van der Waals surface area contributed by atoms with Crippen LogP contribution in [0.15, 0.2) is 108 Å². The highest BCUT2D eigenvalue weighted by molar-refractivity contribution is 5.75. The largest absolute Gasteiger partial charge is 0.418 e. The van der Waals surface area contributed by atoms with Crippen molar-refractivity contribution in [1.82, 2.24) is 15.5 Å². The molecule has 6 nitrogen and oxygen atoms in total. The molecular weight excluding hydrogens is 541 g/mol. The van der Waals surface area contributed by atoms with E-state index >= 15 is 0 Å². The Morgan fingerprint density at radius 2 is 1.50 bits per heavy atom. The first-order valence-corrected chi connectivity index (χ1v) is 13.2. The minimum Gasteiger partial charge on any atom is -0.418 e. The number of hydrogen-bond donors (Lipinski definition) is 2. The van der Waals surface area contributed by atoms with Gasteiger partial charge in [0, 0.05) is 18.5 Å². The predicted molar refractivity (Wildman–Crippen MR) is 152 cm³/mol. The van der Waals surface area contributed by atoms with Gasteiger partial charge in [0.1, 0.15) is 11.6 Å². The standard InChI is InChI=1S/C33H27F3N4O2/c1-32(41,19-22-10-4-2-5-11-22)31-40-39-30(42-31)27-17-23(16-26(18-27)28-15-9-8-14-25(28)20-37)21-38-29(33(34,35)36)24-12-6-3-7-13-24/h2-18,29,38,41H,19,21H2,1H3/t29?,32-/m1/s1. The number of nitriles is 1. The second-order valence-electron chi connectivity index (χ2n) is 10.2. The third-order valence-corrected chi connectivity index (χ3v) is 6.85. The fourth-order valence-electron chi connectivity index (χ4n) is 4.82. The van der Waals surface area contributed by atoms with Gasteiger partial charge in [0.25, 0.3) is 0 Å². The Bertz CT molecular complexity index is 1690. The normalized spacial score (nSPS) is 13.7. The Labute approximate surface area is 241 Å². The van der Waals surface area contributed by atoms with E-state index in [0.717, 1.165) is 5.56 Å². The number of hydrogen-bond acceptors (Lipinski definition) is 6. The lowest BCUT2D eigenvalue weighted by Crippen LogP contribution is -2.33. The molecule has 42 heavy (non-hydrogen) atoms. The van der Waals surface area contributed by atoms with Gasteiger partial charge in [-0.25, -0.2) is 0 Å². The Morgan fingerprint density at radius 3 is 2.19 bits per heavy atom. The fraction of sp³-hybridized carbons (Fsp3) is 0.182. The topological polar surface area (TPSA) is 95.0 Å². The molecule has 0 aliphatic heterocycles. The van der Waals surface area contributed by atoms with Crippen LogP contribution in [0.3, 0.4) is 0 Å². The Kier molecular flexibility index (Phi) is 8.20. The van der Waals surface area contributed by atoms with Crippen LogP contribution in [0.25, 0.3) is 22.6 Å². The maximum absolute atomic E-state index is 14.0. The lowest BCUT2D eigenvalue weighted by atomic mass is 9.96. The summed E-state index contributed by atoms with van der Waals surface area (Å²) in [6.07, 6.45) is -4.29. The molecule has 9 heteroatoms. The molecule has 1 heterocycles. The molecule has 0 radical (unpaired) electrons. The van der Waals surface area contributed by atoms with Gasteiger partial charge in [0.2, 0.25) is 11.8 Å². The summed E-state index contributed by atoms with van der Waals surface area (Å²) in [5.74, 6) is 0.0939. The van der Waals surface area contributed by atoms with E-state index in [1.807, 2.05) is 30.3 Å². The third kappa shape index (κ3) is 6.57. The molecule has 5 rings (SSSR count). The van der Waals surface area contributed by atoms with Gasteiger partial charge < -0.3 is 9.52 Å². The Hall–Kier alpha value is -4.78. The molecule has 0 aliphatic carbocycles. The number of halogens is 3. The molecule has 4 aromatic carbocycles. The monoisotopic (exact) mass is 568 g/mol. The zero-order chi connectivity index (χ0) is 29.7. The van der Waals surface area contributed by atoms with E-state index < -0.39 is 17.8 Å². The molecule has 0 saturated carbocycles. The van der Waals surface area contributed by atoms with E-state index in [1.54, 1.807) is 67.6 Å². The first-order valence-electron chi connectivity index (χ1n) is 13.2. The van der Waals surface area contributed by atoms with Crippen molar-refractivity contribution in [3.05, 3.63) is 131 Å². The van der Waals surface area contributed by atoms with Gasteiger partial charge in [-0.05, 0) is 59.0 Å². The first-order chi connectivity index (χ1) is 20.1. The summed E-state index contributed by atoms with van der Waals surface area (Å²) >= 11 is 0. The second kappa shape index (κ2) is 12.0. The van der Waals surface area contributed by atoms with Gasteiger partial charge >= 0.3 is 6.18 Å². The number of alkyl halides is 3.